The van der Waals surface area contributed by atoms with Crippen LogP contribution in [-0.2, 0) is 0 Å². The molecule has 14 heavy (non-hydrogen) atoms. The molecule has 1 unspecified atom stereocenters. The summed E-state index contributed by atoms with van der Waals surface area (Å²) < 4.78 is 0. The fourth-order valence-electron chi connectivity index (χ4n) is 2.25. The summed E-state index contributed by atoms with van der Waals surface area (Å²) in [5.74, 6) is 0. The predicted octanol–water partition coefficient (Wildman–Crippen LogP) is 2.25. The van der Waals surface area contributed by atoms with Gasteiger partial charge >= 0.3 is 0 Å². The van der Waals surface area contributed by atoms with Crippen LogP contribution in [-0.4, -0.2) is 37.1 Å². The molecule has 2 heteroatoms. The lowest BCUT2D eigenvalue weighted by Crippen LogP contribution is -2.50. The number of hydrogen-bond donors (Lipinski definition) is 1. The molecule has 84 valence electrons. The SMILES string of the molecule is CCCNCC1(C)CCCCCN1C. The third kappa shape index (κ3) is 3.25. The molecule has 0 aromatic carbocycles. The van der Waals surface area contributed by atoms with Crippen molar-refractivity contribution in [3.05, 3.63) is 0 Å². The Morgan fingerprint density at radius 1 is 1.29 bits per heavy atom. The average Bonchev–Trinajstić information content (AvgIpc) is 2.31. The number of nitrogens with one attached hydrogen (secondary N) is 1. The predicted molar refractivity (Wildman–Crippen MR) is 62.7 cm³/mol. The van der Waals surface area contributed by atoms with Crippen molar-refractivity contribution in [1.82, 2.24) is 10.2 Å². The molecule has 1 atom stereocenters. The molecule has 1 heterocycles. The van der Waals surface area contributed by atoms with Gasteiger partial charge in [0.1, 0.15) is 0 Å². The summed E-state index contributed by atoms with van der Waals surface area (Å²) in [6.07, 6.45) is 6.77. The first-order valence-corrected chi connectivity index (χ1v) is 6.11. The van der Waals surface area contributed by atoms with E-state index in [9.17, 15) is 0 Å². The molecule has 0 spiro atoms. The first-order valence-electron chi connectivity index (χ1n) is 6.11. The van der Waals surface area contributed by atoms with Crippen LogP contribution in [0.5, 0.6) is 0 Å². The van der Waals surface area contributed by atoms with Crippen molar-refractivity contribution in [3.63, 3.8) is 0 Å². The first-order chi connectivity index (χ1) is 6.69. The van der Waals surface area contributed by atoms with Crippen molar-refractivity contribution in [1.29, 1.82) is 0 Å². The summed E-state index contributed by atoms with van der Waals surface area (Å²) in [4.78, 5) is 2.54. The molecule has 0 aromatic heterocycles. The number of rotatable bonds is 4. The van der Waals surface area contributed by atoms with E-state index in [2.05, 4.69) is 31.1 Å². The molecule has 0 saturated carbocycles. The Bertz CT molecular complexity index is 158. The molecule has 1 rings (SSSR count). The zero-order valence-corrected chi connectivity index (χ0v) is 10.1. The first kappa shape index (κ1) is 12.0. The monoisotopic (exact) mass is 198 g/mol. The van der Waals surface area contributed by atoms with Crippen LogP contribution < -0.4 is 5.32 Å². The van der Waals surface area contributed by atoms with Crippen LogP contribution in [0.15, 0.2) is 0 Å². The van der Waals surface area contributed by atoms with E-state index >= 15 is 0 Å². The van der Waals surface area contributed by atoms with E-state index in [1.807, 2.05) is 0 Å². The van der Waals surface area contributed by atoms with Crippen molar-refractivity contribution >= 4 is 0 Å². The second kappa shape index (κ2) is 5.72. The number of likely N-dealkylation sites (tertiary alicyclic amines) is 1. The topological polar surface area (TPSA) is 15.3 Å². The standard InChI is InChI=1S/C12H26N2/c1-4-9-13-11-12(2)8-6-5-7-10-14(12)3/h13H,4-11H2,1-3H3. The van der Waals surface area contributed by atoms with Crippen molar-refractivity contribution in [3.8, 4) is 0 Å². The number of likely N-dealkylation sites (N-methyl/N-ethyl adjacent to an activating group) is 1. The van der Waals surface area contributed by atoms with Crippen molar-refractivity contribution in [2.75, 3.05) is 26.7 Å². The molecule has 1 saturated heterocycles. The van der Waals surface area contributed by atoms with Crippen LogP contribution in [0.25, 0.3) is 0 Å². The van der Waals surface area contributed by atoms with Crippen LogP contribution in [0.3, 0.4) is 0 Å². The van der Waals surface area contributed by atoms with Gasteiger partial charge in [-0.2, -0.15) is 0 Å². The highest BCUT2D eigenvalue weighted by Gasteiger charge is 2.29. The minimum Gasteiger partial charge on any atom is -0.315 e. The summed E-state index contributed by atoms with van der Waals surface area (Å²) >= 11 is 0. The quantitative estimate of drug-likeness (QED) is 0.697. The highest BCUT2D eigenvalue weighted by atomic mass is 15.2. The molecule has 2 nitrogen and oxygen atoms in total. The van der Waals surface area contributed by atoms with Crippen LogP contribution >= 0.6 is 0 Å². The van der Waals surface area contributed by atoms with Crippen LogP contribution in [0.1, 0.15) is 46.0 Å². The zero-order chi connectivity index (χ0) is 10.4. The fraction of sp³-hybridized carbons (Fsp3) is 1.00. The van der Waals surface area contributed by atoms with E-state index in [-0.39, 0.29) is 0 Å². The van der Waals surface area contributed by atoms with E-state index in [0.717, 1.165) is 13.1 Å². The zero-order valence-electron chi connectivity index (χ0n) is 10.1. The summed E-state index contributed by atoms with van der Waals surface area (Å²) in [6, 6.07) is 0. The summed E-state index contributed by atoms with van der Waals surface area (Å²) in [7, 11) is 2.28. The Balaban J connectivity index is 2.41. The van der Waals surface area contributed by atoms with Gasteiger partial charge in [0.15, 0.2) is 0 Å². The van der Waals surface area contributed by atoms with E-state index in [4.69, 9.17) is 0 Å². The maximum absolute atomic E-state index is 3.56. The van der Waals surface area contributed by atoms with Gasteiger partial charge in [-0.1, -0.05) is 19.8 Å². The van der Waals surface area contributed by atoms with E-state index < -0.39 is 0 Å². The molecule has 1 N–H and O–H groups in total. The van der Waals surface area contributed by atoms with E-state index in [0.29, 0.717) is 5.54 Å². The summed E-state index contributed by atoms with van der Waals surface area (Å²) in [5.41, 5.74) is 0.395. The molecular weight excluding hydrogens is 172 g/mol. The maximum atomic E-state index is 3.56. The molecule has 1 aliphatic heterocycles. The van der Waals surface area contributed by atoms with Crippen molar-refractivity contribution in [2.45, 2.75) is 51.5 Å². The lowest BCUT2D eigenvalue weighted by molar-refractivity contribution is 0.136. The normalized spacial score (nSPS) is 30.2. The fourth-order valence-corrected chi connectivity index (χ4v) is 2.25. The Labute approximate surface area is 89.1 Å². The largest absolute Gasteiger partial charge is 0.315 e. The Morgan fingerprint density at radius 3 is 2.79 bits per heavy atom. The second-order valence-corrected chi connectivity index (χ2v) is 4.91. The van der Waals surface area contributed by atoms with Gasteiger partial charge in [0.05, 0.1) is 0 Å². The summed E-state index contributed by atoms with van der Waals surface area (Å²) in [6.45, 7) is 8.21. The molecule has 1 aliphatic rings. The minimum absolute atomic E-state index is 0.395. The van der Waals surface area contributed by atoms with Gasteiger partial charge in [-0.05, 0) is 46.3 Å². The van der Waals surface area contributed by atoms with Gasteiger partial charge in [-0.25, -0.2) is 0 Å². The van der Waals surface area contributed by atoms with Crippen molar-refractivity contribution < 1.29 is 0 Å². The average molecular weight is 198 g/mol. The number of hydrogen-bond acceptors (Lipinski definition) is 2. The molecular formula is C12H26N2. The highest BCUT2D eigenvalue weighted by molar-refractivity contribution is 4.88. The number of nitrogens with zero attached hydrogens (tertiary/aromatic N) is 1. The van der Waals surface area contributed by atoms with Gasteiger partial charge < -0.3 is 5.32 Å². The highest BCUT2D eigenvalue weighted by Crippen LogP contribution is 2.24. The maximum Gasteiger partial charge on any atom is 0.0302 e. The lowest BCUT2D eigenvalue weighted by atomic mass is 9.94. The van der Waals surface area contributed by atoms with Crippen molar-refractivity contribution in [2.24, 2.45) is 0 Å². The van der Waals surface area contributed by atoms with Gasteiger partial charge in [0.2, 0.25) is 0 Å². The van der Waals surface area contributed by atoms with Crippen LogP contribution in [0.2, 0.25) is 0 Å². The van der Waals surface area contributed by atoms with Gasteiger partial charge in [-0.3, -0.25) is 4.90 Å². The van der Waals surface area contributed by atoms with Gasteiger partial charge in [-0.15, -0.1) is 0 Å². The van der Waals surface area contributed by atoms with Gasteiger partial charge in [0.25, 0.3) is 0 Å². The Hall–Kier alpha value is -0.0800. The minimum atomic E-state index is 0.395. The second-order valence-electron chi connectivity index (χ2n) is 4.91. The molecule has 0 bridgehead atoms. The third-order valence-corrected chi connectivity index (χ3v) is 3.56. The lowest BCUT2D eigenvalue weighted by Gasteiger charge is -2.38. The molecule has 0 amide bonds. The van der Waals surface area contributed by atoms with Crippen LogP contribution in [0.4, 0.5) is 0 Å². The van der Waals surface area contributed by atoms with Gasteiger partial charge in [0, 0.05) is 12.1 Å². The van der Waals surface area contributed by atoms with E-state index in [1.54, 1.807) is 0 Å². The molecule has 1 fully saturated rings. The Morgan fingerprint density at radius 2 is 2.07 bits per heavy atom. The smallest absolute Gasteiger partial charge is 0.0302 e. The molecule has 0 aliphatic carbocycles. The Kier molecular flexibility index (Phi) is 4.90. The molecule has 0 radical (unpaired) electrons. The van der Waals surface area contributed by atoms with E-state index in [1.165, 1.54) is 38.6 Å². The van der Waals surface area contributed by atoms with Crippen LogP contribution in [0, 0.1) is 0 Å². The third-order valence-electron chi connectivity index (χ3n) is 3.56. The molecule has 0 aromatic rings. The summed E-state index contributed by atoms with van der Waals surface area (Å²) in [5, 5.41) is 3.56.